The molecular weight excluding hydrogens is 333 g/mol. The summed E-state index contributed by atoms with van der Waals surface area (Å²) in [5.74, 6) is -0.117. The van der Waals surface area contributed by atoms with Gasteiger partial charge in [0.15, 0.2) is 4.90 Å². The summed E-state index contributed by atoms with van der Waals surface area (Å²) in [7, 11) is 0. The van der Waals surface area contributed by atoms with Crippen molar-refractivity contribution < 1.29 is 8.94 Å². The van der Waals surface area contributed by atoms with Crippen LogP contribution in [0.3, 0.4) is 0 Å². The number of nitrogens with zero attached hydrogens (tertiary/aromatic N) is 1. The van der Waals surface area contributed by atoms with Crippen molar-refractivity contribution in [2.45, 2.75) is 43.3 Å². The van der Waals surface area contributed by atoms with E-state index in [-0.39, 0.29) is 11.1 Å². The van der Waals surface area contributed by atoms with Gasteiger partial charge in [-0.2, -0.15) is 0 Å². The molecule has 0 aromatic heterocycles. The summed E-state index contributed by atoms with van der Waals surface area (Å²) in [5, 5.41) is 0.228. The largest absolute Gasteiger partial charge is 0.611 e. The molecule has 4 heteroatoms. The molecule has 1 aliphatic rings. The predicted molar refractivity (Wildman–Crippen MR) is 102 cm³/mol. The molecule has 1 aliphatic heterocycles. The lowest BCUT2D eigenvalue weighted by Gasteiger charge is -2.32. The maximum Gasteiger partial charge on any atom is 0.153 e. The topological polar surface area (TPSA) is 26.3 Å². The average Bonchev–Trinajstić information content (AvgIpc) is 2.60. The highest BCUT2D eigenvalue weighted by molar-refractivity contribution is 7.92. The minimum Gasteiger partial charge on any atom is -0.611 e. The molecule has 25 heavy (non-hydrogen) atoms. The number of aryl methyl sites for hydroxylation is 2. The summed E-state index contributed by atoms with van der Waals surface area (Å²) in [6.45, 7) is 6.85. The maximum atomic E-state index is 13.7. The molecule has 0 N–H and O–H groups in total. The lowest BCUT2D eigenvalue weighted by atomic mass is 10.1. The van der Waals surface area contributed by atoms with E-state index in [1.807, 2.05) is 24.3 Å². The van der Waals surface area contributed by atoms with Crippen molar-refractivity contribution in [1.29, 1.82) is 0 Å². The highest BCUT2D eigenvalue weighted by Gasteiger charge is 2.29. The molecule has 1 unspecified atom stereocenters. The van der Waals surface area contributed by atoms with Gasteiger partial charge in [0.1, 0.15) is 11.1 Å². The van der Waals surface area contributed by atoms with Gasteiger partial charge in [-0.15, -0.1) is 0 Å². The molecule has 0 spiro atoms. The Morgan fingerprint density at radius 3 is 2.36 bits per heavy atom. The quantitative estimate of drug-likeness (QED) is 0.746. The molecule has 2 aromatic rings. The second-order valence-electron chi connectivity index (χ2n) is 7.00. The molecule has 2 nitrogen and oxygen atoms in total. The van der Waals surface area contributed by atoms with Gasteiger partial charge >= 0.3 is 0 Å². The summed E-state index contributed by atoms with van der Waals surface area (Å²) in [6.07, 6.45) is 2.62. The van der Waals surface area contributed by atoms with E-state index < -0.39 is 11.2 Å². The van der Waals surface area contributed by atoms with E-state index in [0.717, 1.165) is 49.4 Å². The molecular formula is C21H26FNOS. The fraction of sp³-hybridized carbons (Fsp3) is 0.429. The van der Waals surface area contributed by atoms with Gasteiger partial charge < -0.3 is 9.45 Å². The average molecular weight is 360 g/mol. The molecule has 0 bridgehead atoms. The van der Waals surface area contributed by atoms with Crippen LogP contribution in [-0.4, -0.2) is 34.3 Å². The van der Waals surface area contributed by atoms with Crippen LogP contribution in [-0.2, 0) is 17.6 Å². The third-order valence-electron chi connectivity index (χ3n) is 4.92. The van der Waals surface area contributed by atoms with E-state index in [2.05, 4.69) is 24.8 Å². The maximum absolute atomic E-state index is 13.7. The summed E-state index contributed by atoms with van der Waals surface area (Å²) in [4.78, 5) is 3.32. The molecule has 134 valence electrons. The lowest BCUT2D eigenvalue weighted by Crippen LogP contribution is -2.40. The van der Waals surface area contributed by atoms with Crippen LogP contribution in [0.1, 0.15) is 29.5 Å². The summed E-state index contributed by atoms with van der Waals surface area (Å²) in [6, 6.07) is 13.2. The Morgan fingerprint density at radius 2 is 1.72 bits per heavy atom. The fourth-order valence-corrected chi connectivity index (χ4v) is 5.20. The van der Waals surface area contributed by atoms with Crippen LogP contribution < -0.4 is 0 Å². The van der Waals surface area contributed by atoms with Gasteiger partial charge in [-0.1, -0.05) is 24.3 Å². The molecule has 0 radical (unpaired) electrons. The monoisotopic (exact) mass is 359 g/mol. The minimum atomic E-state index is -0.936. The van der Waals surface area contributed by atoms with Gasteiger partial charge in [-0.05, 0) is 66.3 Å². The second kappa shape index (κ2) is 8.35. The van der Waals surface area contributed by atoms with Crippen molar-refractivity contribution in [3.8, 4) is 0 Å². The third kappa shape index (κ3) is 4.84. The number of benzene rings is 2. The Labute approximate surface area is 153 Å². The van der Waals surface area contributed by atoms with Crippen LogP contribution in [0.25, 0.3) is 0 Å². The molecule has 0 amide bonds. The molecule has 0 aliphatic carbocycles. The molecule has 1 atom stereocenters. The van der Waals surface area contributed by atoms with Crippen molar-refractivity contribution in [2.24, 2.45) is 0 Å². The van der Waals surface area contributed by atoms with Gasteiger partial charge in [0, 0.05) is 32.5 Å². The van der Waals surface area contributed by atoms with Crippen LogP contribution in [0.15, 0.2) is 47.4 Å². The van der Waals surface area contributed by atoms with Crippen molar-refractivity contribution >= 4 is 11.2 Å². The van der Waals surface area contributed by atoms with Gasteiger partial charge in [-0.3, -0.25) is 0 Å². The number of rotatable bonds is 5. The van der Waals surface area contributed by atoms with E-state index >= 15 is 0 Å². The zero-order chi connectivity index (χ0) is 17.8. The summed E-state index contributed by atoms with van der Waals surface area (Å²) < 4.78 is 26.6. The molecule has 1 saturated heterocycles. The Kier molecular flexibility index (Phi) is 6.15. The normalized spacial score (nSPS) is 17.6. The first-order valence-corrected chi connectivity index (χ1v) is 10.2. The van der Waals surface area contributed by atoms with Gasteiger partial charge in [-0.25, -0.2) is 4.39 Å². The highest BCUT2D eigenvalue weighted by Crippen LogP contribution is 2.26. The Balaban J connectivity index is 1.52. The van der Waals surface area contributed by atoms with E-state index in [0.29, 0.717) is 0 Å². The Bertz CT molecular complexity index is 693. The molecule has 3 rings (SSSR count). The number of hydrogen-bond acceptors (Lipinski definition) is 2. The van der Waals surface area contributed by atoms with Gasteiger partial charge in [0.25, 0.3) is 0 Å². The standard InChI is InChI=1S/C21H26FNOS/c1-16-13-17(2)15-20(14-16)25(24)19-8-11-23(12-9-19)10-7-18-5-3-4-6-21(18)22/h3-6,13-15,19H,7-12H2,1-2H3. The van der Waals surface area contributed by atoms with Crippen molar-refractivity contribution in [2.75, 3.05) is 19.6 Å². The molecule has 0 saturated carbocycles. The minimum absolute atomic E-state index is 0.117. The Morgan fingerprint density at radius 1 is 1.08 bits per heavy atom. The van der Waals surface area contributed by atoms with E-state index in [4.69, 9.17) is 0 Å². The fourth-order valence-electron chi connectivity index (χ4n) is 3.57. The first-order valence-electron chi connectivity index (χ1n) is 8.97. The van der Waals surface area contributed by atoms with E-state index in [9.17, 15) is 8.94 Å². The van der Waals surface area contributed by atoms with Crippen LogP contribution in [0, 0.1) is 19.7 Å². The second-order valence-corrected chi connectivity index (χ2v) is 8.74. The first kappa shape index (κ1) is 18.4. The van der Waals surface area contributed by atoms with E-state index in [1.54, 1.807) is 6.07 Å². The van der Waals surface area contributed by atoms with Crippen LogP contribution >= 0.6 is 0 Å². The molecule has 1 fully saturated rings. The number of hydrogen-bond donors (Lipinski definition) is 0. The lowest BCUT2D eigenvalue weighted by molar-refractivity contribution is 0.232. The summed E-state index contributed by atoms with van der Waals surface area (Å²) in [5.41, 5.74) is 3.12. The summed E-state index contributed by atoms with van der Waals surface area (Å²) >= 11 is -0.936. The van der Waals surface area contributed by atoms with Gasteiger partial charge in [0.2, 0.25) is 0 Å². The molecule has 1 heterocycles. The first-order chi connectivity index (χ1) is 12.0. The van der Waals surface area contributed by atoms with Crippen LogP contribution in [0.2, 0.25) is 0 Å². The number of halogens is 1. The third-order valence-corrected chi connectivity index (χ3v) is 6.70. The zero-order valence-corrected chi connectivity index (χ0v) is 15.8. The Hall–Kier alpha value is -1.36. The van der Waals surface area contributed by atoms with Crippen molar-refractivity contribution in [1.82, 2.24) is 4.90 Å². The van der Waals surface area contributed by atoms with Gasteiger partial charge in [0.05, 0.1) is 0 Å². The SMILES string of the molecule is Cc1cc(C)cc([S+]([O-])C2CCN(CCc3ccccc3F)CC2)c1. The predicted octanol–water partition coefficient (Wildman–Crippen LogP) is 4.26. The van der Waals surface area contributed by atoms with Crippen molar-refractivity contribution in [3.05, 3.63) is 65.0 Å². The van der Waals surface area contributed by atoms with Crippen LogP contribution in [0.4, 0.5) is 4.39 Å². The number of piperidine rings is 1. The van der Waals surface area contributed by atoms with Crippen LogP contribution in [0.5, 0.6) is 0 Å². The van der Waals surface area contributed by atoms with Crippen molar-refractivity contribution in [3.63, 3.8) is 0 Å². The zero-order valence-electron chi connectivity index (χ0n) is 15.0. The molecule has 2 aromatic carbocycles. The van der Waals surface area contributed by atoms with E-state index in [1.165, 1.54) is 17.2 Å². The number of likely N-dealkylation sites (tertiary alicyclic amines) is 1. The smallest absolute Gasteiger partial charge is 0.153 e. The highest BCUT2D eigenvalue weighted by atomic mass is 32.2.